The second-order valence-electron chi connectivity index (χ2n) is 8.15. The highest BCUT2D eigenvalue weighted by molar-refractivity contribution is 7.71. The molecule has 2 aromatic carbocycles. The molecular formula is C23H29N5OS. The number of rotatable bonds is 6. The number of phenolic OH excluding ortho intramolecular Hbond substituents is 1. The normalized spacial score (nSPS) is 11.9. The lowest BCUT2D eigenvalue weighted by atomic mass is 9.87. The molecule has 0 aliphatic heterocycles. The lowest BCUT2D eigenvalue weighted by molar-refractivity contribution is 0.474. The molecule has 0 unspecified atom stereocenters. The van der Waals surface area contributed by atoms with Crippen LogP contribution in [0.1, 0.15) is 45.7 Å². The zero-order chi connectivity index (χ0) is 21.9. The molecule has 3 rings (SSSR count). The van der Waals surface area contributed by atoms with Crippen molar-refractivity contribution in [3.05, 3.63) is 58.4 Å². The van der Waals surface area contributed by atoms with Gasteiger partial charge in [-0.2, -0.15) is 14.9 Å². The third-order valence-corrected chi connectivity index (χ3v) is 5.38. The second kappa shape index (κ2) is 8.83. The number of hydrogen-bond acceptors (Lipinski definition) is 5. The number of benzene rings is 2. The Morgan fingerprint density at radius 2 is 1.80 bits per heavy atom. The van der Waals surface area contributed by atoms with E-state index in [0.717, 1.165) is 24.3 Å². The van der Waals surface area contributed by atoms with Crippen LogP contribution in [0, 0.1) is 4.77 Å². The largest absolute Gasteiger partial charge is 0.507 e. The summed E-state index contributed by atoms with van der Waals surface area (Å²) in [5, 5.41) is 22.1. The van der Waals surface area contributed by atoms with Crippen LogP contribution >= 0.6 is 12.2 Å². The van der Waals surface area contributed by atoms with Crippen molar-refractivity contribution >= 4 is 24.1 Å². The van der Waals surface area contributed by atoms with E-state index < -0.39 is 0 Å². The summed E-state index contributed by atoms with van der Waals surface area (Å²) in [7, 11) is 0. The van der Waals surface area contributed by atoms with Crippen molar-refractivity contribution in [2.75, 3.05) is 18.0 Å². The number of aromatic hydroxyl groups is 1. The molecule has 1 heterocycles. The molecule has 0 amide bonds. The number of H-pyrrole nitrogens is 1. The smallest absolute Gasteiger partial charge is 0.216 e. The Balaban J connectivity index is 1.91. The predicted octanol–water partition coefficient (Wildman–Crippen LogP) is 5.34. The van der Waals surface area contributed by atoms with Crippen molar-refractivity contribution in [1.82, 2.24) is 14.9 Å². The van der Waals surface area contributed by atoms with Crippen LogP contribution in [-0.4, -0.2) is 39.3 Å². The number of phenols is 1. The van der Waals surface area contributed by atoms with Crippen molar-refractivity contribution in [2.45, 2.75) is 40.0 Å². The molecule has 0 saturated carbocycles. The highest BCUT2D eigenvalue weighted by Gasteiger charge is 2.15. The van der Waals surface area contributed by atoms with Gasteiger partial charge in [0.25, 0.3) is 0 Å². The first-order chi connectivity index (χ1) is 14.2. The molecule has 0 bridgehead atoms. The monoisotopic (exact) mass is 423 g/mol. The minimum atomic E-state index is 0.0796. The molecule has 0 aliphatic carbocycles. The Labute approximate surface area is 182 Å². The second-order valence-corrected chi connectivity index (χ2v) is 8.54. The summed E-state index contributed by atoms with van der Waals surface area (Å²) in [5.74, 6) is 0.796. The van der Waals surface area contributed by atoms with Crippen molar-refractivity contribution in [2.24, 2.45) is 5.10 Å². The summed E-state index contributed by atoms with van der Waals surface area (Å²) in [6.07, 6.45) is 1.60. The maximum atomic E-state index is 10.4. The van der Waals surface area contributed by atoms with Gasteiger partial charge in [-0.3, -0.25) is 0 Å². The van der Waals surface area contributed by atoms with Crippen molar-refractivity contribution in [3.63, 3.8) is 0 Å². The Bertz CT molecular complexity index is 1090. The van der Waals surface area contributed by atoms with Gasteiger partial charge in [0.15, 0.2) is 5.82 Å². The quantitative estimate of drug-likeness (QED) is 0.415. The summed E-state index contributed by atoms with van der Waals surface area (Å²) in [5.41, 5.74) is 3.83. The summed E-state index contributed by atoms with van der Waals surface area (Å²) >= 11 is 5.35. The van der Waals surface area contributed by atoms with Crippen molar-refractivity contribution in [3.8, 4) is 17.1 Å². The van der Waals surface area contributed by atoms with Crippen molar-refractivity contribution < 1.29 is 5.11 Å². The van der Waals surface area contributed by atoms with Crippen LogP contribution in [0.5, 0.6) is 5.75 Å². The molecule has 30 heavy (non-hydrogen) atoms. The minimum Gasteiger partial charge on any atom is -0.507 e. The van der Waals surface area contributed by atoms with Crippen LogP contribution in [0.15, 0.2) is 47.6 Å². The fourth-order valence-corrected chi connectivity index (χ4v) is 3.43. The summed E-state index contributed by atoms with van der Waals surface area (Å²) in [4.78, 5) is 2.17. The fraction of sp³-hybridized carbons (Fsp3) is 0.348. The third kappa shape index (κ3) is 4.62. The van der Waals surface area contributed by atoms with Gasteiger partial charge in [0.1, 0.15) is 5.75 Å². The molecule has 1 aromatic heterocycles. The van der Waals surface area contributed by atoms with Crippen LogP contribution in [0.4, 0.5) is 5.69 Å². The molecule has 0 fully saturated rings. The number of anilines is 1. The average Bonchev–Trinajstić information content (AvgIpc) is 3.08. The van der Waals surface area contributed by atoms with Crippen LogP contribution in [0.25, 0.3) is 11.4 Å². The Morgan fingerprint density at radius 1 is 1.13 bits per heavy atom. The van der Waals surface area contributed by atoms with Gasteiger partial charge < -0.3 is 10.0 Å². The molecule has 0 aliphatic rings. The van der Waals surface area contributed by atoms with Crippen molar-refractivity contribution in [1.29, 1.82) is 0 Å². The van der Waals surface area contributed by atoms with E-state index in [4.69, 9.17) is 12.2 Å². The summed E-state index contributed by atoms with van der Waals surface area (Å²) in [6.45, 7) is 12.5. The number of hydrogen-bond donors (Lipinski definition) is 2. The van der Waals surface area contributed by atoms with Gasteiger partial charge in [0.2, 0.25) is 4.77 Å². The van der Waals surface area contributed by atoms with E-state index in [0.29, 0.717) is 16.2 Å². The molecular weight excluding hydrogens is 394 g/mol. The van der Waals surface area contributed by atoms with Gasteiger partial charge in [-0.25, -0.2) is 5.10 Å². The number of aromatic nitrogens is 3. The predicted molar refractivity (Wildman–Crippen MR) is 126 cm³/mol. The number of nitrogens with one attached hydrogen (secondary N) is 1. The van der Waals surface area contributed by atoms with E-state index in [2.05, 4.69) is 67.0 Å². The highest BCUT2D eigenvalue weighted by Crippen LogP contribution is 2.26. The zero-order valence-electron chi connectivity index (χ0n) is 18.2. The molecule has 2 N–H and O–H groups in total. The topological polar surface area (TPSA) is 69.4 Å². The van der Waals surface area contributed by atoms with E-state index in [-0.39, 0.29) is 11.2 Å². The lowest BCUT2D eigenvalue weighted by Crippen LogP contribution is -2.21. The molecule has 158 valence electrons. The van der Waals surface area contributed by atoms with Gasteiger partial charge in [-0.1, -0.05) is 45.0 Å². The molecule has 3 aromatic rings. The average molecular weight is 424 g/mol. The van der Waals surface area contributed by atoms with Crippen LogP contribution in [0.2, 0.25) is 0 Å². The molecule has 0 saturated heterocycles. The van der Waals surface area contributed by atoms with E-state index in [9.17, 15) is 5.11 Å². The first kappa shape index (κ1) is 21.8. The Morgan fingerprint density at radius 3 is 2.37 bits per heavy atom. The fourth-order valence-electron chi connectivity index (χ4n) is 3.25. The zero-order valence-corrected chi connectivity index (χ0v) is 19.0. The first-order valence-electron chi connectivity index (χ1n) is 10.1. The van der Waals surface area contributed by atoms with E-state index in [1.54, 1.807) is 17.0 Å². The van der Waals surface area contributed by atoms with E-state index in [1.807, 2.05) is 24.3 Å². The Kier molecular flexibility index (Phi) is 6.41. The van der Waals surface area contributed by atoms with Crippen LogP contribution in [-0.2, 0) is 5.41 Å². The summed E-state index contributed by atoms with van der Waals surface area (Å²) in [6, 6.07) is 13.8. The van der Waals surface area contributed by atoms with Gasteiger partial charge in [-0.15, -0.1) is 0 Å². The number of nitrogens with zero attached hydrogens (tertiary/aromatic N) is 4. The van der Waals surface area contributed by atoms with Gasteiger partial charge in [0, 0.05) is 36.0 Å². The van der Waals surface area contributed by atoms with E-state index in [1.165, 1.54) is 5.56 Å². The number of aromatic amines is 1. The molecule has 0 spiro atoms. The SMILES string of the molecule is CCN(CC)c1ccc(/C=N\n2c(-c3ccc(C(C)(C)C)cc3)n[nH]c2=S)c(O)c1. The van der Waals surface area contributed by atoms with Gasteiger partial charge in [0.05, 0.1) is 6.21 Å². The maximum absolute atomic E-state index is 10.4. The molecule has 6 nitrogen and oxygen atoms in total. The maximum Gasteiger partial charge on any atom is 0.216 e. The van der Waals surface area contributed by atoms with Crippen LogP contribution < -0.4 is 4.90 Å². The van der Waals surface area contributed by atoms with Gasteiger partial charge in [-0.05, 0) is 49.2 Å². The summed E-state index contributed by atoms with van der Waals surface area (Å²) < 4.78 is 1.96. The third-order valence-electron chi connectivity index (χ3n) is 5.11. The lowest BCUT2D eigenvalue weighted by Gasteiger charge is -2.21. The standard InChI is InChI=1S/C23H29N5OS/c1-6-27(7-2)19-13-10-17(20(29)14-19)15-24-28-21(25-26-22(28)30)16-8-11-18(12-9-16)23(3,4)5/h8-15,29H,6-7H2,1-5H3,(H,26,30)/b24-15-. The molecule has 0 atom stereocenters. The first-order valence-corrected chi connectivity index (χ1v) is 10.6. The molecule has 0 radical (unpaired) electrons. The highest BCUT2D eigenvalue weighted by atomic mass is 32.1. The Hall–Kier alpha value is -2.93. The van der Waals surface area contributed by atoms with E-state index >= 15 is 0 Å². The van der Waals surface area contributed by atoms with Crippen LogP contribution in [0.3, 0.4) is 0 Å². The minimum absolute atomic E-state index is 0.0796. The van der Waals surface area contributed by atoms with Gasteiger partial charge >= 0.3 is 0 Å². The molecule has 7 heteroatoms.